The van der Waals surface area contributed by atoms with Crippen molar-refractivity contribution >= 4 is 16.9 Å². The second-order valence-corrected chi connectivity index (χ2v) is 9.54. The summed E-state index contributed by atoms with van der Waals surface area (Å²) in [7, 11) is 0. The number of nitrogens with zero attached hydrogens (tertiary/aromatic N) is 4. The molecule has 2 aliphatic heterocycles. The van der Waals surface area contributed by atoms with Crippen molar-refractivity contribution in [2.45, 2.75) is 45.0 Å². The summed E-state index contributed by atoms with van der Waals surface area (Å²) in [5.74, 6) is 0. The Bertz CT molecular complexity index is 1070. The smallest absolute Gasteiger partial charge is 0.160 e. The van der Waals surface area contributed by atoms with E-state index in [1.807, 2.05) is 24.0 Å². The Hall–Kier alpha value is -2.53. The summed E-state index contributed by atoms with van der Waals surface area (Å²) in [4.78, 5) is 12.3. The van der Waals surface area contributed by atoms with Crippen molar-refractivity contribution in [2.75, 3.05) is 6.54 Å². The highest BCUT2D eigenvalue weighted by Gasteiger charge is 2.44. The molecule has 3 atom stereocenters. The van der Waals surface area contributed by atoms with Gasteiger partial charge in [0, 0.05) is 35.1 Å². The van der Waals surface area contributed by atoms with Gasteiger partial charge in [0.25, 0.3) is 0 Å². The Morgan fingerprint density at radius 2 is 1.83 bits per heavy atom. The van der Waals surface area contributed by atoms with Crippen molar-refractivity contribution in [3.05, 3.63) is 82.9 Å². The van der Waals surface area contributed by atoms with Gasteiger partial charge in [-0.25, -0.2) is 0 Å². The Labute approximate surface area is 176 Å². The quantitative estimate of drug-likeness (QED) is 0.589. The third kappa shape index (κ3) is 3.08. The first-order valence-electron chi connectivity index (χ1n) is 10.2. The van der Waals surface area contributed by atoms with Crippen LogP contribution in [0.3, 0.4) is 0 Å². The summed E-state index contributed by atoms with van der Waals surface area (Å²) in [6.45, 7) is 9.89. The van der Waals surface area contributed by atoms with Crippen molar-refractivity contribution in [2.24, 2.45) is 4.99 Å². The van der Waals surface area contributed by atoms with Crippen LogP contribution in [0.15, 0.2) is 59.7 Å². The molecule has 5 rings (SSSR count). The predicted octanol–water partition coefficient (Wildman–Crippen LogP) is 5.39. The molecule has 0 amide bonds. The van der Waals surface area contributed by atoms with E-state index in [4.69, 9.17) is 4.99 Å². The minimum Gasteiger partial charge on any atom is -0.341 e. The standard InChI is InChI=1S/C24H26N4S/c1-15-8-10-19(11-9-15)28-16(2)13-20(18(28)4)23-22(21-7-5-6-12-25-21)26-24-27(23)14-17(3)29-24/h5-13,17,22-23H,14H2,1-4H3/t17-,22+,23-/m0/s1. The first-order chi connectivity index (χ1) is 14.0. The molecule has 1 aromatic carbocycles. The number of hydrogen-bond acceptors (Lipinski definition) is 4. The molecule has 1 saturated heterocycles. The number of amidine groups is 1. The molecule has 0 radical (unpaired) electrons. The number of aromatic nitrogens is 2. The van der Waals surface area contributed by atoms with Gasteiger partial charge < -0.3 is 9.47 Å². The number of thioether (sulfide) groups is 1. The van der Waals surface area contributed by atoms with Crippen LogP contribution in [0.5, 0.6) is 0 Å². The van der Waals surface area contributed by atoms with E-state index in [-0.39, 0.29) is 12.1 Å². The fraction of sp³-hybridized carbons (Fsp3) is 0.333. The van der Waals surface area contributed by atoms with Gasteiger partial charge in [0.2, 0.25) is 0 Å². The first-order valence-corrected chi connectivity index (χ1v) is 11.1. The zero-order valence-corrected chi connectivity index (χ0v) is 18.1. The summed E-state index contributed by atoms with van der Waals surface area (Å²) >= 11 is 1.89. The summed E-state index contributed by atoms with van der Waals surface area (Å²) in [5.41, 5.74) is 7.45. The fourth-order valence-electron chi connectivity index (χ4n) is 4.63. The fourth-order valence-corrected chi connectivity index (χ4v) is 5.73. The molecule has 0 spiro atoms. The second-order valence-electron chi connectivity index (χ2n) is 8.13. The molecule has 0 unspecified atom stereocenters. The number of aliphatic imine (C=N–C) groups is 1. The van der Waals surface area contributed by atoms with E-state index in [2.05, 4.69) is 84.6 Å². The van der Waals surface area contributed by atoms with Crippen LogP contribution >= 0.6 is 11.8 Å². The Kier molecular flexibility index (Phi) is 4.50. The average Bonchev–Trinajstić information content (AvgIpc) is 3.33. The molecule has 5 heteroatoms. The van der Waals surface area contributed by atoms with Gasteiger partial charge in [0.15, 0.2) is 5.17 Å². The molecule has 0 saturated carbocycles. The van der Waals surface area contributed by atoms with Crippen molar-refractivity contribution in [3.63, 3.8) is 0 Å². The monoisotopic (exact) mass is 402 g/mol. The van der Waals surface area contributed by atoms with Crippen LogP contribution in [0, 0.1) is 20.8 Å². The maximum Gasteiger partial charge on any atom is 0.160 e. The molecule has 29 heavy (non-hydrogen) atoms. The molecule has 148 valence electrons. The third-order valence-electron chi connectivity index (χ3n) is 5.96. The normalized spacial score (nSPS) is 23.4. The number of rotatable bonds is 3. The van der Waals surface area contributed by atoms with Gasteiger partial charge in [-0.3, -0.25) is 9.98 Å². The maximum absolute atomic E-state index is 5.13. The first kappa shape index (κ1) is 18.5. The lowest BCUT2D eigenvalue weighted by molar-refractivity contribution is 0.320. The van der Waals surface area contributed by atoms with E-state index in [0.717, 1.165) is 12.2 Å². The zero-order chi connectivity index (χ0) is 20.1. The third-order valence-corrected chi connectivity index (χ3v) is 7.06. The van der Waals surface area contributed by atoms with Crippen LogP contribution in [0.2, 0.25) is 0 Å². The van der Waals surface area contributed by atoms with E-state index >= 15 is 0 Å². The van der Waals surface area contributed by atoms with Gasteiger partial charge in [0.1, 0.15) is 6.04 Å². The van der Waals surface area contributed by atoms with Crippen LogP contribution in [-0.2, 0) is 0 Å². The van der Waals surface area contributed by atoms with Gasteiger partial charge in [-0.2, -0.15) is 0 Å². The maximum atomic E-state index is 5.13. The molecule has 4 heterocycles. The molecule has 2 aromatic heterocycles. The summed E-state index contributed by atoms with van der Waals surface area (Å²) in [6, 6.07) is 17.5. The van der Waals surface area contributed by atoms with Gasteiger partial charge in [0.05, 0.1) is 11.7 Å². The molecule has 0 aliphatic carbocycles. The SMILES string of the molecule is Cc1ccc(-n2c(C)cc([C@H]3[C@@H](c4ccccn4)N=C4S[C@@H](C)CN43)c2C)cc1. The number of pyridine rings is 1. The largest absolute Gasteiger partial charge is 0.341 e. The average molecular weight is 403 g/mol. The highest BCUT2D eigenvalue weighted by molar-refractivity contribution is 8.14. The van der Waals surface area contributed by atoms with Crippen molar-refractivity contribution < 1.29 is 0 Å². The Morgan fingerprint density at radius 3 is 2.55 bits per heavy atom. The van der Waals surface area contributed by atoms with Gasteiger partial charge in [-0.05, 0) is 56.7 Å². The summed E-state index contributed by atoms with van der Waals surface area (Å²) in [5, 5.41) is 1.74. The predicted molar refractivity (Wildman–Crippen MR) is 121 cm³/mol. The van der Waals surface area contributed by atoms with Gasteiger partial charge in [-0.15, -0.1) is 0 Å². The molecule has 0 bridgehead atoms. The van der Waals surface area contributed by atoms with E-state index in [0.29, 0.717) is 5.25 Å². The van der Waals surface area contributed by atoms with Gasteiger partial charge >= 0.3 is 0 Å². The topological polar surface area (TPSA) is 33.4 Å². The van der Waals surface area contributed by atoms with E-state index < -0.39 is 0 Å². The Balaban J connectivity index is 1.62. The van der Waals surface area contributed by atoms with Crippen molar-refractivity contribution in [3.8, 4) is 5.69 Å². The van der Waals surface area contributed by atoms with E-state index in [1.165, 1.54) is 33.4 Å². The minimum absolute atomic E-state index is 0.0400. The van der Waals surface area contributed by atoms with Crippen molar-refractivity contribution in [1.82, 2.24) is 14.5 Å². The van der Waals surface area contributed by atoms with Gasteiger partial charge in [-0.1, -0.05) is 42.4 Å². The highest BCUT2D eigenvalue weighted by atomic mass is 32.2. The number of hydrogen-bond donors (Lipinski definition) is 0. The van der Waals surface area contributed by atoms with E-state index in [9.17, 15) is 0 Å². The van der Waals surface area contributed by atoms with E-state index in [1.54, 1.807) is 0 Å². The van der Waals surface area contributed by atoms with Crippen molar-refractivity contribution in [1.29, 1.82) is 0 Å². The zero-order valence-electron chi connectivity index (χ0n) is 17.3. The molecule has 1 fully saturated rings. The highest BCUT2D eigenvalue weighted by Crippen LogP contribution is 2.48. The van der Waals surface area contributed by atoms with Crippen LogP contribution in [0.4, 0.5) is 0 Å². The number of fused-ring (bicyclic) bond motifs is 1. The van der Waals surface area contributed by atoms with Crippen LogP contribution < -0.4 is 0 Å². The number of benzene rings is 1. The molecular formula is C24H26N4S. The molecule has 3 aromatic rings. The molecule has 2 aliphatic rings. The van der Waals surface area contributed by atoms with Crippen LogP contribution in [0.25, 0.3) is 5.69 Å². The lowest BCUT2D eigenvalue weighted by Gasteiger charge is -2.27. The second kappa shape index (κ2) is 7.06. The Morgan fingerprint density at radius 1 is 1.03 bits per heavy atom. The summed E-state index contributed by atoms with van der Waals surface area (Å²) in [6.07, 6.45) is 1.88. The number of aryl methyl sites for hydroxylation is 2. The minimum atomic E-state index is 0.0400. The molecular weight excluding hydrogens is 376 g/mol. The van der Waals surface area contributed by atoms with Crippen LogP contribution in [0.1, 0.15) is 47.2 Å². The van der Waals surface area contributed by atoms with Crippen LogP contribution in [-0.4, -0.2) is 31.4 Å². The summed E-state index contributed by atoms with van der Waals surface area (Å²) < 4.78 is 2.37. The lowest BCUT2D eigenvalue weighted by Crippen LogP contribution is -2.28. The molecule has 0 N–H and O–H groups in total. The lowest BCUT2D eigenvalue weighted by atomic mass is 9.96. The molecule has 4 nitrogen and oxygen atoms in total.